The number of rotatable bonds is 4. The molecular formula is C13H16BrF3. The third-order valence-corrected chi connectivity index (χ3v) is 4.23. The van der Waals surface area contributed by atoms with Gasteiger partial charge in [-0.1, -0.05) is 41.9 Å². The molecule has 1 aromatic rings. The molecule has 0 saturated carbocycles. The number of halogens is 4. The van der Waals surface area contributed by atoms with E-state index in [0.29, 0.717) is 10.7 Å². The maximum atomic E-state index is 12.3. The molecule has 0 fully saturated rings. The number of hydrogen-bond acceptors (Lipinski definition) is 0. The Morgan fingerprint density at radius 2 is 1.65 bits per heavy atom. The summed E-state index contributed by atoms with van der Waals surface area (Å²) < 4.78 is 37.0. The predicted octanol–water partition coefficient (Wildman–Crippen LogP) is 5.06. The van der Waals surface area contributed by atoms with Crippen molar-refractivity contribution in [2.45, 2.75) is 37.7 Å². The van der Waals surface area contributed by atoms with E-state index < -0.39 is 11.7 Å². The van der Waals surface area contributed by atoms with Crippen LogP contribution in [0.4, 0.5) is 13.2 Å². The first-order valence-corrected chi connectivity index (χ1v) is 6.52. The van der Waals surface area contributed by atoms with Crippen LogP contribution >= 0.6 is 15.9 Å². The van der Waals surface area contributed by atoms with Gasteiger partial charge < -0.3 is 0 Å². The fourth-order valence-corrected chi connectivity index (χ4v) is 1.73. The molecule has 0 aromatic heterocycles. The fraction of sp³-hybridized carbons (Fsp3) is 0.538. The summed E-state index contributed by atoms with van der Waals surface area (Å²) in [5.74, 6) is 0.532. The van der Waals surface area contributed by atoms with Crippen LogP contribution in [0.2, 0.25) is 0 Å². The van der Waals surface area contributed by atoms with Gasteiger partial charge in [0.1, 0.15) is 0 Å². The van der Waals surface area contributed by atoms with Crippen LogP contribution in [0.1, 0.15) is 31.4 Å². The van der Waals surface area contributed by atoms with E-state index in [1.165, 1.54) is 0 Å². The van der Waals surface area contributed by atoms with Crippen molar-refractivity contribution in [2.24, 2.45) is 5.92 Å². The van der Waals surface area contributed by atoms with Gasteiger partial charge in [-0.05, 0) is 36.5 Å². The SMILES string of the molecule is CC(C)C(Br)CCc1ccc(C(F)(F)F)cc1. The van der Waals surface area contributed by atoms with E-state index >= 15 is 0 Å². The number of hydrogen-bond donors (Lipinski definition) is 0. The lowest BCUT2D eigenvalue weighted by Gasteiger charge is -2.13. The lowest BCUT2D eigenvalue weighted by atomic mass is 10.0. The van der Waals surface area contributed by atoms with Gasteiger partial charge in [0.2, 0.25) is 0 Å². The van der Waals surface area contributed by atoms with E-state index in [2.05, 4.69) is 29.8 Å². The number of aryl methyl sites for hydroxylation is 1. The number of alkyl halides is 4. The largest absolute Gasteiger partial charge is 0.416 e. The molecule has 1 atom stereocenters. The quantitative estimate of drug-likeness (QED) is 0.682. The topological polar surface area (TPSA) is 0 Å². The summed E-state index contributed by atoms with van der Waals surface area (Å²) in [7, 11) is 0. The molecule has 4 heteroatoms. The molecule has 0 saturated heterocycles. The summed E-state index contributed by atoms with van der Waals surface area (Å²) in [6.07, 6.45) is -2.51. The van der Waals surface area contributed by atoms with Crippen molar-refractivity contribution in [3.05, 3.63) is 35.4 Å². The van der Waals surface area contributed by atoms with Crippen LogP contribution in [0, 0.1) is 5.92 Å². The minimum atomic E-state index is -4.24. The summed E-state index contributed by atoms with van der Waals surface area (Å²) in [6.45, 7) is 4.23. The van der Waals surface area contributed by atoms with Crippen LogP contribution in [0.15, 0.2) is 24.3 Å². The summed E-state index contributed by atoms with van der Waals surface area (Å²) >= 11 is 3.57. The normalized spacial score (nSPS) is 14.1. The van der Waals surface area contributed by atoms with Gasteiger partial charge in [-0.25, -0.2) is 0 Å². The molecule has 0 spiro atoms. The molecule has 0 nitrogen and oxygen atoms in total. The zero-order valence-corrected chi connectivity index (χ0v) is 11.5. The van der Waals surface area contributed by atoms with Crippen LogP contribution in [-0.2, 0) is 12.6 Å². The molecule has 0 aliphatic rings. The first-order valence-electron chi connectivity index (χ1n) is 5.61. The molecule has 17 heavy (non-hydrogen) atoms. The van der Waals surface area contributed by atoms with Gasteiger partial charge in [0.05, 0.1) is 5.56 Å². The van der Waals surface area contributed by atoms with Gasteiger partial charge >= 0.3 is 6.18 Å². The molecule has 0 amide bonds. The smallest absolute Gasteiger partial charge is 0.166 e. The van der Waals surface area contributed by atoms with Crippen LogP contribution < -0.4 is 0 Å². The second kappa shape index (κ2) is 5.89. The van der Waals surface area contributed by atoms with Gasteiger partial charge in [0, 0.05) is 4.83 Å². The van der Waals surface area contributed by atoms with E-state index in [9.17, 15) is 13.2 Å². The second-order valence-corrected chi connectivity index (χ2v) is 5.67. The van der Waals surface area contributed by atoms with Gasteiger partial charge in [-0.2, -0.15) is 13.2 Å². The molecule has 0 aliphatic carbocycles. The fourth-order valence-electron chi connectivity index (χ4n) is 1.50. The van der Waals surface area contributed by atoms with Crippen LogP contribution in [-0.4, -0.2) is 4.83 Å². The van der Waals surface area contributed by atoms with Crippen LogP contribution in [0.5, 0.6) is 0 Å². The zero-order chi connectivity index (χ0) is 13.1. The Kier molecular flexibility index (Phi) is 5.04. The zero-order valence-electron chi connectivity index (χ0n) is 9.89. The van der Waals surface area contributed by atoms with Crippen LogP contribution in [0.3, 0.4) is 0 Å². The first-order chi connectivity index (χ1) is 7.80. The molecule has 0 N–H and O–H groups in total. The van der Waals surface area contributed by atoms with Gasteiger partial charge in [0.25, 0.3) is 0 Å². The Balaban J connectivity index is 2.57. The number of benzene rings is 1. The summed E-state index contributed by atoms with van der Waals surface area (Å²) in [5.41, 5.74) is 0.364. The van der Waals surface area contributed by atoms with E-state index in [4.69, 9.17) is 0 Å². The van der Waals surface area contributed by atoms with Crippen molar-refractivity contribution in [1.29, 1.82) is 0 Å². The second-order valence-electron chi connectivity index (χ2n) is 4.49. The summed E-state index contributed by atoms with van der Waals surface area (Å²) in [4.78, 5) is 0.407. The van der Waals surface area contributed by atoms with E-state index in [-0.39, 0.29) is 0 Å². The molecule has 1 aromatic carbocycles. The monoisotopic (exact) mass is 308 g/mol. The minimum absolute atomic E-state index is 0.407. The van der Waals surface area contributed by atoms with Crippen LogP contribution in [0.25, 0.3) is 0 Å². The maximum Gasteiger partial charge on any atom is 0.416 e. The molecular weight excluding hydrogens is 293 g/mol. The average Bonchev–Trinajstić information content (AvgIpc) is 2.25. The van der Waals surface area contributed by atoms with Crippen molar-refractivity contribution in [2.75, 3.05) is 0 Å². The molecule has 0 bridgehead atoms. The molecule has 0 aliphatic heterocycles. The lowest BCUT2D eigenvalue weighted by Crippen LogP contribution is -2.08. The highest BCUT2D eigenvalue weighted by molar-refractivity contribution is 9.09. The van der Waals surface area contributed by atoms with E-state index in [1.54, 1.807) is 12.1 Å². The Labute approximate surface area is 108 Å². The Morgan fingerprint density at radius 3 is 2.06 bits per heavy atom. The third-order valence-electron chi connectivity index (χ3n) is 2.71. The lowest BCUT2D eigenvalue weighted by molar-refractivity contribution is -0.137. The molecule has 96 valence electrons. The standard InChI is InChI=1S/C13H16BrF3/c1-9(2)12(14)8-5-10-3-6-11(7-4-10)13(15,16)17/h3-4,6-7,9,12H,5,8H2,1-2H3. The maximum absolute atomic E-state index is 12.3. The van der Waals surface area contributed by atoms with Crippen molar-refractivity contribution in [1.82, 2.24) is 0 Å². The average molecular weight is 309 g/mol. The minimum Gasteiger partial charge on any atom is -0.166 e. The highest BCUT2D eigenvalue weighted by Gasteiger charge is 2.29. The van der Waals surface area contributed by atoms with Gasteiger partial charge in [-0.15, -0.1) is 0 Å². The Hall–Kier alpha value is -0.510. The molecule has 1 rings (SSSR count). The molecule has 0 radical (unpaired) electrons. The first kappa shape index (κ1) is 14.6. The van der Waals surface area contributed by atoms with Crippen molar-refractivity contribution in [3.8, 4) is 0 Å². The molecule has 1 unspecified atom stereocenters. The Morgan fingerprint density at radius 1 is 1.12 bits per heavy atom. The van der Waals surface area contributed by atoms with Gasteiger partial charge in [0.15, 0.2) is 0 Å². The van der Waals surface area contributed by atoms with E-state index in [1.807, 2.05) is 0 Å². The van der Waals surface area contributed by atoms with Crippen molar-refractivity contribution >= 4 is 15.9 Å². The summed E-state index contributed by atoms with van der Waals surface area (Å²) in [5, 5.41) is 0. The summed E-state index contributed by atoms with van der Waals surface area (Å²) in [6, 6.07) is 5.41. The highest BCUT2D eigenvalue weighted by atomic mass is 79.9. The Bertz CT molecular complexity index is 341. The third kappa shape index (κ3) is 4.70. The van der Waals surface area contributed by atoms with Crippen molar-refractivity contribution in [3.63, 3.8) is 0 Å². The van der Waals surface area contributed by atoms with Gasteiger partial charge in [-0.3, -0.25) is 0 Å². The van der Waals surface area contributed by atoms with Crippen molar-refractivity contribution < 1.29 is 13.2 Å². The predicted molar refractivity (Wildman–Crippen MR) is 67.3 cm³/mol. The molecule has 0 heterocycles. The van der Waals surface area contributed by atoms with E-state index in [0.717, 1.165) is 30.5 Å². The highest BCUT2D eigenvalue weighted by Crippen LogP contribution is 2.29.